The Kier molecular flexibility index (Phi) is 6.16. The van der Waals surface area contributed by atoms with E-state index in [9.17, 15) is 0 Å². The van der Waals surface area contributed by atoms with E-state index in [1.54, 1.807) is 5.57 Å². The summed E-state index contributed by atoms with van der Waals surface area (Å²) in [6, 6.07) is 11.5. The molecule has 1 heteroatoms. The second-order valence-electron chi connectivity index (χ2n) is 5.68. The maximum absolute atomic E-state index is 3.49. The fourth-order valence-corrected chi connectivity index (χ4v) is 2.95. The van der Waals surface area contributed by atoms with Crippen LogP contribution >= 0.6 is 0 Å². The number of rotatable bonds is 7. The third kappa shape index (κ3) is 5.20. The van der Waals surface area contributed by atoms with Crippen molar-refractivity contribution in [1.29, 1.82) is 0 Å². The summed E-state index contributed by atoms with van der Waals surface area (Å²) >= 11 is 0. The normalized spacial score (nSPS) is 17.0. The lowest BCUT2D eigenvalue weighted by molar-refractivity contribution is 0.487. The van der Waals surface area contributed by atoms with Gasteiger partial charge in [0.1, 0.15) is 0 Å². The van der Waals surface area contributed by atoms with E-state index >= 15 is 0 Å². The fourth-order valence-electron chi connectivity index (χ4n) is 2.95. The predicted molar refractivity (Wildman–Crippen MR) is 83.4 cm³/mol. The standard InChI is InChI=1S/C18H27N/c1-19-18(15-17-11-6-3-7-12-17)14-8-13-16-9-4-2-5-10-16/h2,4-5,9-11,18-19H,3,6-8,12-15H2,1H3. The van der Waals surface area contributed by atoms with Crippen molar-refractivity contribution in [3.8, 4) is 0 Å². The minimum atomic E-state index is 0.660. The van der Waals surface area contributed by atoms with Crippen molar-refractivity contribution in [2.75, 3.05) is 7.05 Å². The number of hydrogen-bond donors (Lipinski definition) is 1. The van der Waals surface area contributed by atoms with Gasteiger partial charge in [-0.1, -0.05) is 42.0 Å². The van der Waals surface area contributed by atoms with Crippen LogP contribution in [0.1, 0.15) is 50.5 Å². The second-order valence-corrected chi connectivity index (χ2v) is 5.68. The van der Waals surface area contributed by atoms with E-state index in [1.807, 2.05) is 0 Å². The summed E-state index contributed by atoms with van der Waals surface area (Å²) in [4.78, 5) is 0. The van der Waals surface area contributed by atoms with Gasteiger partial charge in [0.05, 0.1) is 0 Å². The summed E-state index contributed by atoms with van der Waals surface area (Å²) in [5, 5.41) is 3.49. The van der Waals surface area contributed by atoms with E-state index in [4.69, 9.17) is 0 Å². The van der Waals surface area contributed by atoms with Crippen molar-refractivity contribution in [1.82, 2.24) is 5.32 Å². The van der Waals surface area contributed by atoms with Gasteiger partial charge in [0, 0.05) is 6.04 Å². The third-order valence-electron chi connectivity index (χ3n) is 4.16. The molecular weight excluding hydrogens is 230 g/mol. The molecule has 0 heterocycles. The van der Waals surface area contributed by atoms with Gasteiger partial charge in [0.2, 0.25) is 0 Å². The predicted octanol–water partition coefficient (Wildman–Crippen LogP) is 4.49. The smallest absolute Gasteiger partial charge is 0.0101 e. The summed E-state index contributed by atoms with van der Waals surface area (Å²) in [7, 11) is 2.11. The first-order valence-electron chi connectivity index (χ1n) is 7.77. The Balaban J connectivity index is 1.71. The zero-order valence-corrected chi connectivity index (χ0v) is 12.2. The van der Waals surface area contributed by atoms with E-state index in [1.165, 1.54) is 56.9 Å². The Morgan fingerprint density at radius 2 is 2.00 bits per heavy atom. The number of aryl methyl sites for hydroxylation is 1. The average Bonchev–Trinajstić information content (AvgIpc) is 2.48. The van der Waals surface area contributed by atoms with Crippen LogP contribution in [0.5, 0.6) is 0 Å². The molecule has 0 spiro atoms. The van der Waals surface area contributed by atoms with Crippen molar-refractivity contribution in [2.24, 2.45) is 0 Å². The van der Waals surface area contributed by atoms with Crippen LogP contribution in [0.25, 0.3) is 0 Å². The van der Waals surface area contributed by atoms with Gasteiger partial charge in [-0.3, -0.25) is 0 Å². The molecule has 1 N–H and O–H groups in total. The Morgan fingerprint density at radius 3 is 2.68 bits per heavy atom. The molecule has 1 aromatic rings. The maximum Gasteiger partial charge on any atom is 0.0101 e. The number of hydrogen-bond acceptors (Lipinski definition) is 1. The molecule has 0 amide bonds. The number of benzene rings is 1. The molecule has 1 atom stereocenters. The van der Waals surface area contributed by atoms with Gasteiger partial charge in [-0.25, -0.2) is 0 Å². The topological polar surface area (TPSA) is 12.0 Å². The Bertz CT molecular complexity index is 380. The van der Waals surface area contributed by atoms with Gasteiger partial charge in [-0.2, -0.15) is 0 Å². The largest absolute Gasteiger partial charge is 0.317 e. The molecule has 1 aliphatic rings. The van der Waals surface area contributed by atoms with E-state index in [0.29, 0.717) is 6.04 Å². The van der Waals surface area contributed by atoms with E-state index in [0.717, 1.165) is 0 Å². The first kappa shape index (κ1) is 14.3. The maximum atomic E-state index is 3.49. The zero-order chi connectivity index (χ0) is 13.3. The summed E-state index contributed by atoms with van der Waals surface area (Å²) in [6.45, 7) is 0. The van der Waals surface area contributed by atoms with Crippen molar-refractivity contribution in [3.05, 3.63) is 47.5 Å². The highest BCUT2D eigenvalue weighted by atomic mass is 14.9. The van der Waals surface area contributed by atoms with Gasteiger partial charge in [0.15, 0.2) is 0 Å². The van der Waals surface area contributed by atoms with Crippen molar-refractivity contribution in [2.45, 2.75) is 57.4 Å². The van der Waals surface area contributed by atoms with Gasteiger partial charge < -0.3 is 5.32 Å². The lowest BCUT2D eigenvalue weighted by atomic mass is 9.92. The summed E-state index contributed by atoms with van der Waals surface area (Å²) in [6.07, 6.45) is 12.9. The molecule has 0 saturated heterocycles. The van der Waals surface area contributed by atoms with Crippen molar-refractivity contribution in [3.63, 3.8) is 0 Å². The molecule has 0 bridgehead atoms. The second kappa shape index (κ2) is 8.16. The zero-order valence-electron chi connectivity index (χ0n) is 12.2. The highest BCUT2D eigenvalue weighted by Crippen LogP contribution is 2.22. The highest BCUT2D eigenvalue weighted by molar-refractivity contribution is 5.14. The quantitative estimate of drug-likeness (QED) is 0.710. The first-order valence-corrected chi connectivity index (χ1v) is 7.77. The van der Waals surface area contributed by atoms with Gasteiger partial charge in [-0.05, 0) is 64.0 Å². The van der Waals surface area contributed by atoms with Crippen LogP contribution in [0.4, 0.5) is 0 Å². The van der Waals surface area contributed by atoms with Crippen LogP contribution in [0, 0.1) is 0 Å². The monoisotopic (exact) mass is 257 g/mol. The van der Waals surface area contributed by atoms with E-state index in [2.05, 4.69) is 48.8 Å². The van der Waals surface area contributed by atoms with Gasteiger partial charge in [-0.15, -0.1) is 0 Å². The van der Waals surface area contributed by atoms with Crippen molar-refractivity contribution < 1.29 is 0 Å². The van der Waals surface area contributed by atoms with Crippen molar-refractivity contribution >= 4 is 0 Å². The molecule has 0 radical (unpaired) electrons. The molecule has 1 unspecified atom stereocenters. The molecule has 2 rings (SSSR count). The summed E-state index contributed by atoms with van der Waals surface area (Å²) in [5.74, 6) is 0. The summed E-state index contributed by atoms with van der Waals surface area (Å²) < 4.78 is 0. The van der Waals surface area contributed by atoms with E-state index in [-0.39, 0.29) is 0 Å². The van der Waals surface area contributed by atoms with Gasteiger partial charge >= 0.3 is 0 Å². The average molecular weight is 257 g/mol. The Morgan fingerprint density at radius 1 is 1.16 bits per heavy atom. The molecular formula is C18H27N. The minimum Gasteiger partial charge on any atom is -0.317 e. The molecule has 1 aromatic carbocycles. The first-order chi connectivity index (χ1) is 9.38. The molecule has 1 nitrogen and oxygen atoms in total. The Labute approximate surface area is 118 Å². The lowest BCUT2D eigenvalue weighted by Crippen LogP contribution is -2.26. The fraction of sp³-hybridized carbons (Fsp3) is 0.556. The van der Waals surface area contributed by atoms with E-state index < -0.39 is 0 Å². The molecule has 1 aliphatic carbocycles. The lowest BCUT2D eigenvalue weighted by Gasteiger charge is -2.20. The molecule has 0 saturated carbocycles. The molecule has 0 aliphatic heterocycles. The van der Waals surface area contributed by atoms with Gasteiger partial charge in [0.25, 0.3) is 0 Å². The van der Waals surface area contributed by atoms with Crippen LogP contribution in [-0.4, -0.2) is 13.1 Å². The van der Waals surface area contributed by atoms with Crippen LogP contribution in [-0.2, 0) is 6.42 Å². The van der Waals surface area contributed by atoms with Crippen LogP contribution in [0.3, 0.4) is 0 Å². The third-order valence-corrected chi connectivity index (χ3v) is 4.16. The summed E-state index contributed by atoms with van der Waals surface area (Å²) in [5.41, 5.74) is 3.15. The van der Waals surface area contributed by atoms with Crippen LogP contribution in [0.15, 0.2) is 42.0 Å². The highest BCUT2D eigenvalue weighted by Gasteiger charge is 2.11. The number of nitrogens with one attached hydrogen (secondary N) is 1. The molecule has 104 valence electrons. The van der Waals surface area contributed by atoms with Crippen LogP contribution in [0.2, 0.25) is 0 Å². The molecule has 19 heavy (non-hydrogen) atoms. The SMILES string of the molecule is CNC(CCCc1ccccc1)CC1=CCCCC1. The minimum absolute atomic E-state index is 0.660. The molecule has 0 fully saturated rings. The number of allylic oxidation sites excluding steroid dienone is 1. The van der Waals surface area contributed by atoms with Crippen LogP contribution < -0.4 is 5.32 Å². The Hall–Kier alpha value is -1.08. The molecule has 0 aromatic heterocycles.